The van der Waals surface area contributed by atoms with Crippen molar-refractivity contribution in [2.75, 3.05) is 13.1 Å². The van der Waals surface area contributed by atoms with Gasteiger partial charge < -0.3 is 10.6 Å². The first-order chi connectivity index (χ1) is 7.63. The summed E-state index contributed by atoms with van der Waals surface area (Å²) in [6.07, 6.45) is 0. The molecule has 1 rings (SSSR count). The van der Waals surface area contributed by atoms with Crippen LogP contribution in [0.15, 0.2) is 11.4 Å². The van der Waals surface area contributed by atoms with Crippen LogP contribution in [0.1, 0.15) is 12.5 Å². The van der Waals surface area contributed by atoms with Gasteiger partial charge in [0.05, 0.1) is 11.5 Å². The first-order valence-electron chi connectivity index (χ1n) is 4.82. The van der Waals surface area contributed by atoms with Gasteiger partial charge in [0, 0.05) is 24.5 Å². The number of hydrogen-bond acceptors (Lipinski definition) is 5. The monoisotopic (exact) mass is 243 g/mol. The number of amides is 1. The molecule has 0 fully saturated rings. The van der Waals surface area contributed by atoms with Crippen molar-refractivity contribution in [2.24, 2.45) is 0 Å². The van der Waals surface area contributed by atoms with Gasteiger partial charge in [-0.25, -0.2) is 0 Å². The summed E-state index contributed by atoms with van der Waals surface area (Å²) in [5, 5.41) is 17.8. The van der Waals surface area contributed by atoms with E-state index in [-0.39, 0.29) is 17.5 Å². The Labute approximate surface area is 96.8 Å². The molecule has 88 valence electrons. The second-order valence-corrected chi connectivity index (χ2v) is 4.00. The first kappa shape index (κ1) is 12.6. The summed E-state index contributed by atoms with van der Waals surface area (Å²) in [5.41, 5.74) is 0.820. The third kappa shape index (κ3) is 3.95. The highest BCUT2D eigenvalue weighted by Crippen LogP contribution is 2.22. The van der Waals surface area contributed by atoms with Crippen molar-refractivity contribution in [3.8, 4) is 0 Å². The molecule has 0 radical (unpaired) electrons. The fraction of sp³-hybridized carbons (Fsp3) is 0.444. The highest BCUT2D eigenvalue weighted by Gasteiger charge is 2.09. The molecular formula is C9H13N3O3S. The number of likely N-dealkylation sites (N-methyl/N-ethyl adjacent to an activating group) is 1. The van der Waals surface area contributed by atoms with Crippen LogP contribution in [0.25, 0.3) is 0 Å². The van der Waals surface area contributed by atoms with E-state index < -0.39 is 4.92 Å². The van der Waals surface area contributed by atoms with Crippen molar-refractivity contribution in [2.45, 2.75) is 13.5 Å². The average molecular weight is 243 g/mol. The largest absolute Gasteiger partial charge is 0.355 e. The zero-order chi connectivity index (χ0) is 12.0. The third-order valence-corrected chi connectivity index (χ3v) is 2.74. The van der Waals surface area contributed by atoms with Gasteiger partial charge in [0.15, 0.2) is 0 Å². The number of nitrogens with one attached hydrogen (secondary N) is 2. The van der Waals surface area contributed by atoms with Crippen LogP contribution in [0.2, 0.25) is 0 Å². The summed E-state index contributed by atoms with van der Waals surface area (Å²) in [6, 6.07) is 1.51. The lowest BCUT2D eigenvalue weighted by atomic mass is 10.3. The van der Waals surface area contributed by atoms with Gasteiger partial charge in [-0.3, -0.25) is 14.9 Å². The van der Waals surface area contributed by atoms with Gasteiger partial charge in [-0.15, -0.1) is 0 Å². The molecule has 1 aromatic rings. The maximum Gasteiger partial charge on any atom is 0.324 e. The summed E-state index contributed by atoms with van der Waals surface area (Å²) >= 11 is 1.09. The summed E-state index contributed by atoms with van der Waals surface area (Å²) < 4.78 is 0. The number of hydrogen-bond donors (Lipinski definition) is 2. The van der Waals surface area contributed by atoms with Gasteiger partial charge in [-0.2, -0.15) is 0 Å². The molecule has 0 atom stereocenters. The van der Waals surface area contributed by atoms with Crippen LogP contribution in [0, 0.1) is 10.1 Å². The molecular weight excluding hydrogens is 230 g/mol. The lowest BCUT2D eigenvalue weighted by Gasteiger charge is -2.02. The SMILES string of the molecule is CCNC(=O)CNCc1csc([N+](=O)[O-])c1. The van der Waals surface area contributed by atoms with Crippen LogP contribution in [0.3, 0.4) is 0 Å². The van der Waals surface area contributed by atoms with E-state index in [1.165, 1.54) is 6.07 Å². The summed E-state index contributed by atoms with van der Waals surface area (Å²) in [5.74, 6) is -0.0766. The Bertz CT molecular complexity index is 378. The van der Waals surface area contributed by atoms with Crippen molar-refractivity contribution in [3.05, 3.63) is 27.1 Å². The minimum Gasteiger partial charge on any atom is -0.355 e. The Morgan fingerprint density at radius 3 is 2.94 bits per heavy atom. The summed E-state index contributed by atoms with van der Waals surface area (Å²) in [7, 11) is 0. The number of carbonyl (C=O) groups is 1. The maximum absolute atomic E-state index is 11.1. The van der Waals surface area contributed by atoms with Gasteiger partial charge in [-0.1, -0.05) is 11.3 Å². The van der Waals surface area contributed by atoms with Crippen LogP contribution < -0.4 is 10.6 Å². The molecule has 0 saturated carbocycles. The minimum absolute atomic E-state index is 0.0766. The van der Waals surface area contributed by atoms with E-state index in [0.717, 1.165) is 16.9 Å². The normalized spacial score (nSPS) is 10.1. The number of nitrogens with zero attached hydrogens (tertiary/aromatic N) is 1. The third-order valence-electron chi connectivity index (χ3n) is 1.81. The molecule has 2 N–H and O–H groups in total. The Kier molecular flexibility index (Phi) is 4.87. The van der Waals surface area contributed by atoms with Crippen molar-refractivity contribution in [1.82, 2.24) is 10.6 Å². The molecule has 0 aliphatic heterocycles. The highest BCUT2D eigenvalue weighted by atomic mass is 32.1. The molecule has 0 unspecified atom stereocenters. The molecule has 16 heavy (non-hydrogen) atoms. The van der Waals surface area contributed by atoms with E-state index in [2.05, 4.69) is 10.6 Å². The second-order valence-electron chi connectivity index (χ2n) is 3.11. The van der Waals surface area contributed by atoms with Crippen LogP contribution in [0.5, 0.6) is 0 Å². The molecule has 0 aliphatic rings. The molecule has 0 aliphatic carbocycles. The fourth-order valence-corrected chi connectivity index (χ4v) is 1.86. The van der Waals surface area contributed by atoms with E-state index >= 15 is 0 Å². The lowest BCUT2D eigenvalue weighted by molar-refractivity contribution is -0.380. The Hall–Kier alpha value is -1.47. The molecule has 1 heterocycles. The Morgan fingerprint density at radius 1 is 1.62 bits per heavy atom. The minimum atomic E-state index is -0.419. The molecule has 7 heteroatoms. The molecule has 0 bridgehead atoms. The number of carbonyl (C=O) groups excluding carboxylic acids is 1. The van der Waals surface area contributed by atoms with E-state index in [9.17, 15) is 14.9 Å². The van der Waals surface area contributed by atoms with E-state index in [1.54, 1.807) is 5.38 Å². The number of thiophene rings is 1. The van der Waals surface area contributed by atoms with Gasteiger partial charge in [0.1, 0.15) is 0 Å². The predicted molar refractivity (Wildman–Crippen MR) is 61.4 cm³/mol. The fourth-order valence-electron chi connectivity index (χ4n) is 1.13. The standard InChI is InChI=1S/C9H13N3O3S/c1-2-11-8(13)5-10-4-7-3-9(12(14)15)16-6-7/h3,6,10H,2,4-5H2,1H3,(H,11,13). The molecule has 1 aromatic heterocycles. The van der Waals surface area contributed by atoms with Crippen molar-refractivity contribution >= 4 is 22.2 Å². The molecule has 1 amide bonds. The molecule has 0 saturated heterocycles. The van der Waals surface area contributed by atoms with Crippen molar-refractivity contribution in [1.29, 1.82) is 0 Å². The predicted octanol–water partition coefficient (Wildman–Crippen LogP) is 0.882. The topological polar surface area (TPSA) is 84.3 Å². The number of nitro groups is 1. The zero-order valence-electron chi connectivity index (χ0n) is 8.86. The summed E-state index contributed by atoms with van der Waals surface area (Å²) in [6.45, 7) is 3.13. The van der Waals surface area contributed by atoms with Crippen LogP contribution in [-0.4, -0.2) is 23.9 Å². The lowest BCUT2D eigenvalue weighted by Crippen LogP contribution is -2.33. The quantitative estimate of drug-likeness (QED) is 0.574. The number of rotatable bonds is 6. The Morgan fingerprint density at radius 2 is 2.38 bits per heavy atom. The van der Waals surface area contributed by atoms with Gasteiger partial charge in [0.2, 0.25) is 5.91 Å². The van der Waals surface area contributed by atoms with E-state index in [4.69, 9.17) is 0 Å². The Balaban J connectivity index is 2.32. The molecule has 0 aromatic carbocycles. The molecule has 6 nitrogen and oxygen atoms in total. The van der Waals surface area contributed by atoms with Gasteiger partial charge >= 0.3 is 5.00 Å². The van der Waals surface area contributed by atoms with Crippen LogP contribution in [0.4, 0.5) is 5.00 Å². The smallest absolute Gasteiger partial charge is 0.324 e. The molecule has 0 spiro atoms. The van der Waals surface area contributed by atoms with E-state index in [1.807, 2.05) is 6.92 Å². The van der Waals surface area contributed by atoms with E-state index in [0.29, 0.717) is 13.1 Å². The zero-order valence-corrected chi connectivity index (χ0v) is 9.67. The average Bonchev–Trinajstić information content (AvgIpc) is 2.67. The second kappa shape index (κ2) is 6.19. The van der Waals surface area contributed by atoms with Crippen molar-refractivity contribution in [3.63, 3.8) is 0 Å². The van der Waals surface area contributed by atoms with Gasteiger partial charge in [-0.05, 0) is 12.5 Å². The summed E-state index contributed by atoms with van der Waals surface area (Å²) in [4.78, 5) is 21.1. The van der Waals surface area contributed by atoms with Crippen LogP contribution in [-0.2, 0) is 11.3 Å². The van der Waals surface area contributed by atoms with Gasteiger partial charge in [0.25, 0.3) is 0 Å². The highest BCUT2D eigenvalue weighted by molar-refractivity contribution is 7.13. The van der Waals surface area contributed by atoms with Crippen LogP contribution >= 0.6 is 11.3 Å². The van der Waals surface area contributed by atoms with Crippen molar-refractivity contribution < 1.29 is 9.72 Å². The first-order valence-corrected chi connectivity index (χ1v) is 5.70. The maximum atomic E-state index is 11.1.